The van der Waals surface area contributed by atoms with Gasteiger partial charge in [0.05, 0.1) is 29.1 Å². The summed E-state index contributed by atoms with van der Waals surface area (Å²) in [5, 5.41) is 3.07. The molecular weight excluding hydrogens is 565 g/mol. The zero-order valence-corrected chi connectivity index (χ0v) is 22.9. The zero-order chi connectivity index (χ0) is 28.2. The molecule has 0 radical (unpaired) electrons. The number of hydrogen-bond acceptors (Lipinski definition) is 5. The number of sulfonamides is 2. The maximum absolute atomic E-state index is 13.2. The van der Waals surface area contributed by atoms with Crippen LogP contribution in [0.2, 0.25) is 5.02 Å². The molecule has 0 heterocycles. The Morgan fingerprint density at radius 3 is 2.08 bits per heavy atom. The second-order valence-corrected chi connectivity index (χ2v) is 12.6. The summed E-state index contributed by atoms with van der Waals surface area (Å²) in [6, 6.07) is 23.3. The van der Waals surface area contributed by atoms with Gasteiger partial charge in [0, 0.05) is 16.3 Å². The van der Waals surface area contributed by atoms with Gasteiger partial charge in [0.2, 0.25) is 10.0 Å². The molecule has 4 rings (SSSR count). The molecule has 0 saturated carbocycles. The molecule has 0 bridgehead atoms. The third-order valence-corrected chi connectivity index (χ3v) is 8.33. The standard InChI is InChI=1S/C27H23ClFN3O5S2/c1-38(34,35)32(18-19-5-9-22(29)10-6-19)25-13-7-20(8-14-25)27(33)30-23-11-15-26(16-12-23)39(36,37)31-24-4-2-3-21(28)17-24/h2-17,31H,18H2,1H3,(H,30,33). The summed E-state index contributed by atoms with van der Waals surface area (Å²) in [7, 11) is -7.54. The Morgan fingerprint density at radius 1 is 0.846 bits per heavy atom. The molecule has 0 aliphatic rings. The largest absolute Gasteiger partial charge is 0.322 e. The summed E-state index contributed by atoms with van der Waals surface area (Å²) >= 11 is 5.91. The second kappa shape index (κ2) is 11.4. The third-order valence-electron chi connectivity index (χ3n) is 5.56. The van der Waals surface area contributed by atoms with E-state index in [-0.39, 0.29) is 17.0 Å². The maximum atomic E-state index is 13.2. The van der Waals surface area contributed by atoms with E-state index in [4.69, 9.17) is 11.6 Å². The number of rotatable bonds is 9. The van der Waals surface area contributed by atoms with Crippen molar-refractivity contribution >= 4 is 54.6 Å². The molecule has 0 atom stereocenters. The van der Waals surface area contributed by atoms with Crippen LogP contribution in [0.1, 0.15) is 15.9 Å². The van der Waals surface area contributed by atoms with E-state index in [9.17, 15) is 26.0 Å². The van der Waals surface area contributed by atoms with Crippen molar-refractivity contribution in [3.63, 3.8) is 0 Å². The number of nitrogens with one attached hydrogen (secondary N) is 2. The molecule has 8 nitrogen and oxygen atoms in total. The fraction of sp³-hybridized carbons (Fsp3) is 0.0741. The first-order valence-electron chi connectivity index (χ1n) is 11.4. The summed E-state index contributed by atoms with van der Waals surface area (Å²) < 4.78 is 66.9. The summed E-state index contributed by atoms with van der Waals surface area (Å²) in [6.07, 6.45) is 1.06. The van der Waals surface area contributed by atoms with Crippen molar-refractivity contribution in [2.75, 3.05) is 20.6 Å². The van der Waals surface area contributed by atoms with Gasteiger partial charge in [-0.2, -0.15) is 0 Å². The van der Waals surface area contributed by atoms with Gasteiger partial charge in [0.25, 0.3) is 15.9 Å². The van der Waals surface area contributed by atoms with Crippen LogP contribution in [0.15, 0.2) is 102 Å². The fourth-order valence-corrected chi connectivity index (χ4v) is 5.75. The average Bonchev–Trinajstić information content (AvgIpc) is 2.88. The van der Waals surface area contributed by atoms with Crippen molar-refractivity contribution in [1.29, 1.82) is 0 Å². The molecule has 39 heavy (non-hydrogen) atoms. The number of benzene rings is 4. The molecule has 202 valence electrons. The van der Waals surface area contributed by atoms with Crippen LogP contribution in [-0.2, 0) is 26.6 Å². The predicted molar refractivity (Wildman–Crippen MR) is 151 cm³/mol. The van der Waals surface area contributed by atoms with Crippen molar-refractivity contribution in [2.45, 2.75) is 11.4 Å². The minimum absolute atomic E-state index is 0.00755. The van der Waals surface area contributed by atoms with Gasteiger partial charge in [-0.05, 0) is 84.4 Å². The highest BCUT2D eigenvalue weighted by atomic mass is 35.5. The minimum Gasteiger partial charge on any atom is -0.322 e. The second-order valence-electron chi connectivity index (χ2n) is 8.54. The molecule has 12 heteroatoms. The summed E-state index contributed by atoms with van der Waals surface area (Å²) in [5.74, 6) is -0.899. The average molecular weight is 588 g/mol. The molecule has 1 amide bonds. The van der Waals surface area contributed by atoms with Crippen LogP contribution >= 0.6 is 11.6 Å². The highest BCUT2D eigenvalue weighted by Gasteiger charge is 2.19. The summed E-state index contributed by atoms with van der Waals surface area (Å²) in [5.41, 5.74) is 1.86. The molecule has 0 fully saturated rings. The quantitative estimate of drug-likeness (QED) is 0.269. The topological polar surface area (TPSA) is 113 Å². The number of carbonyl (C=O) groups excluding carboxylic acids is 1. The van der Waals surface area contributed by atoms with Crippen molar-refractivity contribution in [3.05, 3.63) is 119 Å². The number of hydrogen-bond donors (Lipinski definition) is 2. The maximum Gasteiger partial charge on any atom is 0.261 e. The third kappa shape index (κ3) is 7.34. The van der Waals surface area contributed by atoms with Crippen molar-refractivity contribution < 1.29 is 26.0 Å². The lowest BCUT2D eigenvalue weighted by atomic mass is 10.1. The molecule has 4 aromatic rings. The van der Waals surface area contributed by atoms with Gasteiger partial charge in [0.1, 0.15) is 5.82 Å². The van der Waals surface area contributed by atoms with E-state index >= 15 is 0 Å². The summed E-state index contributed by atoms with van der Waals surface area (Å²) in [6.45, 7) is -0.00786. The van der Waals surface area contributed by atoms with Crippen LogP contribution in [0.4, 0.5) is 21.5 Å². The number of carbonyl (C=O) groups is 1. The van der Waals surface area contributed by atoms with Gasteiger partial charge in [-0.25, -0.2) is 21.2 Å². The van der Waals surface area contributed by atoms with Crippen LogP contribution in [-0.4, -0.2) is 29.0 Å². The SMILES string of the molecule is CS(=O)(=O)N(Cc1ccc(F)cc1)c1ccc(C(=O)Nc2ccc(S(=O)(=O)Nc3cccc(Cl)c3)cc2)cc1. The molecule has 4 aromatic carbocycles. The van der Waals surface area contributed by atoms with Crippen LogP contribution in [0.25, 0.3) is 0 Å². The van der Waals surface area contributed by atoms with Crippen LogP contribution in [0.3, 0.4) is 0 Å². The number of amides is 1. The molecule has 0 aliphatic carbocycles. The van der Waals surface area contributed by atoms with E-state index in [1.54, 1.807) is 18.2 Å². The minimum atomic E-state index is -3.87. The van der Waals surface area contributed by atoms with Gasteiger partial charge in [-0.3, -0.25) is 13.8 Å². The molecule has 0 spiro atoms. The van der Waals surface area contributed by atoms with Gasteiger partial charge in [-0.15, -0.1) is 0 Å². The number of anilines is 3. The Morgan fingerprint density at radius 2 is 1.49 bits per heavy atom. The molecule has 2 N–H and O–H groups in total. The van der Waals surface area contributed by atoms with Gasteiger partial charge in [0.15, 0.2) is 0 Å². The lowest BCUT2D eigenvalue weighted by molar-refractivity contribution is 0.102. The predicted octanol–water partition coefficient (Wildman–Crippen LogP) is 5.50. The Kier molecular flexibility index (Phi) is 8.24. The number of nitrogens with zero attached hydrogens (tertiary/aromatic N) is 1. The Hall–Kier alpha value is -3.93. The Balaban J connectivity index is 1.44. The van der Waals surface area contributed by atoms with Crippen LogP contribution < -0.4 is 14.3 Å². The first-order chi connectivity index (χ1) is 18.4. The summed E-state index contributed by atoms with van der Waals surface area (Å²) in [4.78, 5) is 12.7. The van der Waals surface area contributed by atoms with E-state index in [0.717, 1.165) is 10.6 Å². The fourth-order valence-electron chi connectivity index (χ4n) is 3.62. The molecule has 0 aromatic heterocycles. The lowest BCUT2D eigenvalue weighted by Gasteiger charge is -2.22. The Bertz CT molecular complexity index is 1700. The van der Waals surface area contributed by atoms with E-state index < -0.39 is 31.8 Å². The lowest BCUT2D eigenvalue weighted by Crippen LogP contribution is -2.29. The highest BCUT2D eigenvalue weighted by molar-refractivity contribution is 7.92. The van der Waals surface area contributed by atoms with Gasteiger partial charge in [-0.1, -0.05) is 29.8 Å². The van der Waals surface area contributed by atoms with Crippen LogP contribution in [0, 0.1) is 5.82 Å². The van der Waals surface area contributed by atoms with Crippen molar-refractivity contribution in [2.24, 2.45) is 0 Å². The van der Waals surface area contributed by atoms with Crippen molar-refractivity contribution in [1.82, 2.24) is 0 Å². The van der Waals surface area contributed by atoms with Gasteiger partial charge >= 0.3 is 0 Å². The molecule has 0 aliphatic heterocycles. The molecule has 0 unspecified atom stereocenters. The smallest absolute Gasteiger partial charge is 0.261 e. The van der Waals surface area contributed by atoms with E-state index in [1.807, 2.05) is 0 Å². The van der Waals surface area contributed by atoms with Crippen LogP contribution in [0.5, 0.6) is 0 Å². The first kappa shape index (κ1) is 28.1. The normalized spacial score (nSPS) is 11.6. The molecular formula is C27H23ClFN3O5S2. The Labute approximate surface area is 231 Å². The zero-order valence-electron chi connectivity index (χ0n) is 20.5. The van der Waals surface area contributed by atoms with Gasteiger partial charge < -0.3 is 5.32 Å². The molecule has 0 saturated heterocycles. The van der Waals surface area contributed by atoms with E-state index in [2.05, 4.69) is 10.0 Å². The number of halogens is 2. The monoisotopic (exact) mass is 587 g/mol. The van der Waals surface area contributed by atoms with Crippen molar-refractivity contribution in [3.8, 4) is 0 Å². The van der Waals surface area contributed by atoms with E-state index in [1.165, 1.54) is 78.9 Å². The highest BCUT2D eigenvalue weighted by Crippen LogP contribution is 2.23. The first-order valence-corrected chi connectivity index (χ1v) is 15.1. The van der Waals surface area contributed by atoms with E-state index in [0.29, 0.717) is 27.6 Å².